The van der Waals surface area contributed by atoms with Crippen LogP contribution in [0.3, 0.4) is 0 Å². The minimum Gasteiger partial charge on any atom is -0.374 e. The number of carbonyl (C=O) groups excluding carboxylic acids is 1. The number of hydrogen-bond donors (Lipinski definition) is 2. The number of alkyl halides is 3. The first-order valence-corrected chi connectivity index (χ1v) is 7.54. The molecule has 0 unspecified atom stereocenters. The van der Waals surface area contributed by atoms with Gasteiger partial charge in [0.05, 0.1) is 23.6 Å². The van der Waals surface area contributed by atoms with Gasteiger partial charge in [-0.05, 0) is 6.07 Å². The zero-order valence-corrected chi connectivity index (χ0v) is 14.0. The van der Waals surface area contributed by atoms with E-state index < -0.39 is 40.5 Å². The maximum atomic E-state index is 14.5. The SMILES string of the molecule is CNN1C(=O)CNc2cc(F)c(-n3c(=O)cc(C(F)(F)F)n(C)c3=O)cc21. The molecule has 3 rings (SSSR count). The summed E-state index contributed by atoms with van der Waals surface area (Å²) in [5.74, 6) is -1.44. The lowest BCUT2D eigenvalue weighted by Gasteiger charge is -2.29. The van der Waals surface area contributed by atoms with Crippen molar-refractivity contribution >= 4 is 17.3 Å². The summed E-state index contributed by atoms with van der Waals surface area (Å²) in [4.78, 5) is 36.4. The van der Waals surface area contributed by atoms with Gasteiger partial charge in [0.1, 0.15) is 11.5 Å². The molecule has 1 aromatic heterocycles. The second-order valence-electron chi connectivity index (χ2n) is 5.67. The van der Waals surface area contributed by atoms with E-state index in [2.05, 4.69) is 10.7 Å². The van der Waals surface area contributed by atoms with Crippen molar-refractivity contribution < 1.29 is 22.4 Å². The third-order valence-corrected chi connectivity index (χ3v) is 4.06. The third kappa shape index (κ3) is 2.97. The monoisotopic (exact) mass is 387 g/mol. The van der Waals surface area contributed by atoms with Crippen molar-refractivity contribution in [3.63, 3.8) is 0 Å². The summed E-state index contributed by atoms with van der Waals surface area (Å²) in [6, 6.07) is 2.19. The third-order valence-electron chi connectivity index (χ3n) is 4.06. The summed E-state index contributed by atoms with van der Waals surface area (Å²) >= 11 is 0. The highest BCUT2D eigenvalue weighted by Crippen LogP contribution is 2.32. The van der Waals surface area contributed by atoms with Crippen LogP contribution in [0.2, 0.25) is 0 Å². The Balaban J connectivity index is 2.29. The molecule has 8 nitrogen and oxygen atoms in total. The molecular formula is C15H13F4N5O3. The first-order valence-electron chi connectivity index (χ1n) is 7.54. The van der Waals surface area contributed by atoms with Gasteiger partial charge in [-0.1, -0.05) is 0 Å². The van der Waals surface area contributed by atoms with Crippen LogP contribution in [0.4, 0.5) is 28.9 Å². The fourth-order valence-electron chi connectivity index (χ4n) is 2.80. The summed E-state index contributed by atoms with van der Waals surface area (Å²) < 4.78 is 53.8. The fourth-order valence-corrected chi connectivity index (χ4v) is 2.80. The van der Waals surface area contributed by atoms with Gasteiger partial charge in [-0.15, -0.1) is 0 Å². The van der Waals surface area contributed by atoms with Gasteiger partial charge < -0.3 is 5.32 Å². The molecule has 27 heavy (non-hydrogen) atoms. The molecule has 1 amide bonds. The Hall–Kier alpha value is -3.15. The standard InChI is InChI=1S/C15H13F4N5O3/c1-20-24-10-4-9(7(16)3-8(10)21-6-13(24)26)23-12(25)5-11(15(17,18)19)22(2)14(23)27/h3-5,20-21H,6H2,1-2H3. The first kappa shape index (κ1) is 18.6. The zero-order valence-electron chi connectivity index (χ0n) is 14.0. The Morgan fingerprint density at radius 2 is 1.78 bits per heavy atom. The van der Waals surface area contributed by atoms with E-state index in [0.29, 0.717) is 0 Å². The molecule has 2 N–H and O–H groups in total. The summed E-state index contributed by atoms with van der Waals surface area (Å²) in [6.07, 6.45) is -4.93. The van der Waals surface area contributed by atoms with E-state index in [9.17, 15) is 31.9 Å². The van der Waals surface area contributed by atoms with E-state index in [1.807, 2.05) is 0 Å². The van der Waals surface area contributed by atoms with Crippen LogP contribution in [-0.4, -0.2) is 28.6 Å². The number of nitrogens with zero attached hydrogens (tertiary/aromatic N) is 3. The van der Waals surface area contributed by atoms with Crippen LogP contribution in [0.1, 0.15) is 5.69 Å². The van der Waals surface area contributed by atoms with Gasteiger partial charge in [-0.25, -0.2) is 24.2 Å². The lowest BCUT2D eigenvalue weighted by molar-refractivity contribution is -0.144. The Labute approximate surface area is 148 Å². The number of fused-ring (bicyclic) bond motifs is 1. The molecule has 0 bridgehead atoms. The molecular weight excluding hydrogens is 374 g/mol. The van der Waals surface area contributed by atoms with Gasteiger partial charge in [0.2, 0.25) is 0 Å². The van der Waals surface area contributed by atoms with E-state index >= 15 is 0 Å². The minimum absolute atomic E-state index is 0.110. The summed E-state index contributed by atoms with van der Waals surface area (Å²) in [6.45, 7) is -0.116. The predicted octanol–water partition coefficient (Wildman–Crippen LogP) is 0.587. The molecule has 2 aromatic rings. The van der Waals surface area contributed by atoms with Crippen molar-refractivity contribution in [2.24, 2.45) is 7.05 Å². The van der Waals surface area contributed by atoms with Crippen LogP contribution in [0.15, 0.2) is 27.8 Å². The van der Waals surface area contributed by atoms with E-state index in [1.54, 1.807) is 0 Å². The molecule has 144 valence electrons. The molecule has 0 saturated heterocycles. The normalized spacial score (nSPS) is 14.1. The minimum atomic E-state index is -4.93. The quantitative estimate of drug-likeness (QED) is 0.737. The number of halogens is 4. The van der Waals surface area contributed by atoms with Gasteiger partial charge >= 0.3 is 11.9 Å². The summed E-state index contributed by atoms with van der Waals surface area (Å²) in [5, 5.41) is 3.74. The molecule has 1 aromatic carbocycles. The summed E-state index contributed by atoms with van der Waals surface area (Å²) in [7, 11) is 2.25. The van der Waals surface area contributed by atoms with Gasteiger partial charge in [0, 0.05) is 26.2 Å². The van der Waals surface area contributed by atoms with Crippen molar-refractivity contribution in [3.05, 3.63) is 50.5 Å². The average Bonchev–Trinajstić information content (AvgIpc) is 2.58. The second-order valence-corrected chi connectivity index (χ2v) is 5.67. The molecule has 0 fully saturated rings. The van der Waals surface area contributed by atoms with Gasteiger partial charge in [-0.2, -0.15) is 13.2 Å². The Bertz CT molecular complexity index is 1060. The lowest BCUT2D eigenvalue weighted by atomic mass is 10.1. The Kier molecular flexibility index (Phi) is 4.30. The number of rotatable bonds is 2. The highest BCUT2D eigenvalue weighted by atomic mass is 19.4. The molecule has 0 atom stereocenters. The van der Waals surface area contributed by atoms with Crippen LogP contribution >= 0.6 is 0 Å². The molecule has 0 aliphatic carbocycles. The predicted molar refractivity (Wildman–Crippen MR) is 87.3 cm³/mol. The number of carbonyl (C=O) groups is 1. The van der Waals surface area contributed by atoms with E-state index in [0.717, 1.165) is 24.2 Å². The van der Waals surface area contributed by atoms with Crippen LogP contribution in [-0.2, 0) is 18.0 Å². The topological polar surface area (TPSA) is 88.4 Å². The Morgan fingerprint density at radius 3 is 2.37 bits per heavy atom. The van der Waals surface area contributed by atoms with E-state index in [1.165, 1.54) is 7.05 Å². The van der Waals surface area contributed by atoms with E-state index in [-0.39, 0.29) is 33.1 Å². The van der Waals surface area contributed by atoms with E-state index in [4.69, 9.17) is 0 Å². The van der Waals surface area contributed by atoms with Crippen LogP contribution in [0.25, 0.3) is 5.69 Å². The summed E-state index contributed by atoms with van der Waals surface area (Å²) in [5.41, 5.74) is -1.86. The van der Waals surface area contributed by atoms with Gasteiger partial charge in [-0.3, -0.25) is 14.2 Å². The number of nitrogens with one attached hydrogen (secondary N) is 2. The smallest absolute Gasteiger partial charge is 0.374 e. The molecule has 12 heteroatoms. The highest BCUT2D eigenvalue weighted by molar-refractivity contribution is 6.02. The largest absolute Gasteiger partial charge is 0.431 e. The van der Waals surface area contributed by atoms with Crippen molar-refractivity contribution in [3.8, 4) is 5.69 Å². The lowest BCUT2D eigenvalue weighted by Crippen LogP contribution is -2.47. The van der Waals surface area contributed by atoms with Gasteiger partial charge in [0.25, 0.3) is 11.5 Å². The molecule has 2 heterocycles. The number of hydrazine groups is 1. The maximum Gasteiger partial charge on any atom is 0.431 e. The van der Waals surface area contributed by atoms with Crippen molar-refractivity contribution in [2.75, 3.05) is 23.9 Å². The van der Waals surface area contributed by atoms with Crippen molar-refractivity contribution in [2.45, 2.75) is 6.18 Å². The molecule has 0 saturated carbocycles. The number of hydrogen-bond acceptors (Lipinski definition) is 5. The maximum absolute atomic E-state index is 14.5. The average molecular weight is 387 g/mol. The number of anilines is 2. The zero-order chi connectivity index (χ0) is 20.1. The fraction of sp³-hybridized carbons (Fsp3) is 0.267. The molecule has 1 aliphatic rings. The molecule has 0 spiro atoms. The Morgan fingerprint density at radius 1 is 1.11 bits per heavy atom. The molecule has 0 radical (unpaired) electrons. The number of amides is 1. The second kappa shape index (κ2) is 6.23. The van der Waals surface area contributed by atoms with Crippen LogP contribution in [0, 0.1) is 5.82 Å². The van der Waals surface area contributed by atoms with Crippen LogP contribution < -0.4 is 27.0 Å². The van der Waals surface area contributed by atoms with Gasteiger partial charge in [0.15, 0.2) is 0 Å². The first-order chi connectivity index (χ1) is 12.6. The van der Waals surface area contributed by atoms with Crippen molar-refractivity contribution in [1.82, 2.24) is 14.6 Å². The highest BCUT2D eigenvalue weighted by Gasteiger charge is 2.35. The number of benzene rings is 1. The molecule has 1 aliphatic heterocycles. The van der Waals surface area contributed by atoms with Crippen LogP contribution in [0.5, 0.6) is 0 Å². The number of aromatic nitrogens is 2. The van der Waals surface area contributed by atoms with Crippen molar-refractivity contribution in [1.29, 1.82) is 0 Å².